The molecule has 0 spiro atoms. The average Bonchev–Trinajstić information content (AvgIpc) is 2.84. The van der Waals surface area contributed by atoms with Crippen molar-refractivity contribution in [2.24, 2.45) is 5.73 Å². The van der Waals surface area contributed by atoms with Crippen LogP contribution in [-0.2, 0) is 21.2 Å². The molecule has 2 aliphatic rings. The minimum atomic E-state index is -3.96. The number of ether oxygens (including phenoxy) is 1. The van der Waals surface area contributed by atoms with Crippen LogP contribution in [-0.4, -0.2) is 61.7 Å². The molecule has 2 bridgehead atoms. The molecular weight excluding hydrogens is 454 g/mol. The molecular formula is C25H31N3O5S. The summed E-state index contributed by atoms with van der Waals surface area (Å²) in [7, 11) is -3.96. The topological polar surface area (TPSA) is 110 Å². The molecule has 0 saturated carbocycles. The van der Waals surface area contributed by atoms with E-state index in [0.717, 1.165) is 37.9 Å². The third-order valence-electron chi connectivity index (χ3n) is 6.52. The minimum Gasteiger partial charge on any atom is -0.494 e. The predicted molar refractivity (Wildman–Crippen MR) is 128 cm³/mol. The molecule has 182 valence electrons. The molecule has 2 amide bonds. The number of piperidine rings is 1. The van der Waals surface area contributed by atoms with Crippen molar-refractivity contribution < 1.29 is 22.7 Å². The summed E-state index contributed by atoms with van der Waals surface area (Å²) in [6, 6.07) is 13.5. The van der Waals surface area contributed by atoms with Crippen LogP contribution < -0.4 is 10.5 Å². The van der Waals surface area contributed by atoms with Gasteiger partial charge in [-0.15, -0.1) is 0 Å². The fourth-order valence-electron chi connectivity index (χ4n) is 4.65. The molecule has 34 heavy (non-hydrogen) atoms. The van der Waals surface area contributed by atoms with Crippen LogP contribution in [0.3, 0.4) is 0 Å². The molecule has 0 aliphatic carbocycles. The third-order valence-corrected chi connectivity index (χ3v) is 8.38. The monoisotopic (exact) mass is 485 g/mol. The molecule has 1 atom stereocenters. The van der Waals surface area contributed by atoms with Gasteiger partial charge in [-0.3, -0.25) is 9.59 Å². The summed E-state index contributed by atoms with van der Waals surface area (Å²) < 4.78 is 34.0. The van der Waals surface area contributed by atoms with E-state index in [1.807, 2.05) is 23.1 Å². The van der Waals surface area contributed by atoms with Crippen LogP contribution in [0.15, 0.2) is 53.4 Å². The normalized spacial score (nSPS) is 20.6. The minimum absolute atomic E-state index is 0.0234. The number of primary amides is 1. The fourth-order valence-corrected chi connectivity index (χ4v) is 6.08. The number of hydrogen-bond donors (Lipinski definition) is 1. The Labute approximate surface area is 200 Å². The highest BCUT2D eigenvalue weighted by atomic mass is 32.2. The first kappa shape index (κ1) is 24.2. The number of carbonyl (C=O) groups is 2. The first-order chi connectivity index (χ1) is 16.3. The van der Waals surface area contributed by atoms with Gasteiger partial charge in [0.1, 0.15) is 5.75 Å². The Bertz CT molecular complexity index is 1130. The van der Waals surface area contributed by atoms with Crippen molar-refractivity contribution in [3.63, 3.8) is 0 Å². The standard InChI is InChI=1S/C25H31N3O5S/c26-25(30)20-9-12-23(13-10-20)34(31,32)27-14-4-16-33-22-7-3-5-19(17-22)8-11-21-6-1-2-15-28(21)24(29)18-27/h3,5,7,9-10,12-13,17,21H,1-2,4,6,8,11,14-16,18H2,(H2,26,30). The highest BCUT2D eigenvalue weighted by Crippen LogP contribution is 2.25. The SMILES string of the molecule is NC(=O)c1ccc(S(=O)(=O)N2CCCOc3cccc(c3)CCC3CCCCN3C(=O)C2)cc1. The van der Waals surface area contributed by atoms with E-state index in [2.05, 4.69) is 6.07 Å². The van der Waals surface area contributed by atoms with Gasteiger partial charge in [0, 0.05) is 24.7 Å². The lowest BCUT2D eigenvalue weighted by atomic mass is 9.95. The van der Waals surface area contributed by atoms with Gasteiger partial charge in [-0.25, -0.2) is 8.42 Å². The van der Waals surface area contributed by atoms with Crippen LogP contribution in [0, 0.1) is 0 Å². The number of rotatable bonds is 3. The predicted octanol–water partition coefficient (Wildman–Crippen LogP) is 2.57. The molecule has 1 fully saturated rings. The maximum Gasteiger partial charge on any atom is 0.248 e. The number of nitrogens with zero attached hydrogens (tertiary/aromatic N) is 2. The van der Waals surface area contributed by atoms with Crippen molar-refractivity contribution >= 4 is 21.8 Å². The van der Waals surface area contributed by atoms with Gasteiger partial charge in [0.05, 0.1) is 18.0 Å². The lowest BCUT2D eigenvalue weighted by Crippen LogP contribution is -2.49. The molecule has 2 aromatic rings. The van der Waals surface area contributed by atoms with E-state index < -0.39 is 15.9 Å². The molecule has 4 rings (SSSR count). The number of hydrogen-bond acceptors (Lipinski definition) is 5. The van der Waals surface area contributed by atoms with Crippen LogP contribution in [0.1, 0.15) is 48.0 Å². The molecule has 8 nitrogen and oxygen atoms in total. The highest BCUT2D eigenvalue weighted by Gasteiger charge is 2.32. The van der Waals surface area contributed by atoms with E-state index in [0.29, 0.717) is 19.6 Å². The van der Waals surface area contributed by atoms with E-state index in [1.54, 1.807) is 0 Å². The molecule has 0 aromatic heterocycles. The van der Waals surface area contributed by atoms with Gasteiger partial charge in [0.25, 0.3) is 0 Å². The van der Waals surface area contributed by atoms with Crippen LogP contribution >= 0.6 is 0 Å². The van der Waals surface area contributed by atoms with Gasteiger partial charge >= 0.3 is 0 Å². The second-order valence-corrected chi connectivity index (χ2v) is 10.8. The maximum absolute atomic E-state index is 13.5. The van der Waals surface area contributed by atoms with E-state index in [1.165, 1.54) is 34.1 Å². The molecule has 2 heterocycles. The van der Waals surface area contributed by atoms with Crippen molar-refractivity contribution in [2.75, 3.05) is 26.2 Å². The first-order valence-corrected chi connectivity index (χ1v) is 13.2. The summed E-state index contributed by atoms with van der Waals surface area (Å²) in [6.07, 6.45) is 5.00. The van der Waals surface area contributed by atoms with Crippen LogP contribution in [0.2, 0.25) is 0 Å². The second kappa shape index (κ2) is 10.6. The summed E-state index contributed by atoms with van der Waals surface area (Å²) in [5, 5.41) is 0. The Hall–Kier alpha value is -2.91. The van der Waals surface area contributed by atoms with Crippen LogP contribution in [0.5, 0.6) is 5.75 Å². The van der Waals surface area contributed by atoms with E-state index in [9.17, 15) is 18.0 Å². The second-order valence-electron chi connectivity index (χ2n) is 8.85. The summed E-state index contributed by atoms with van der Waals surface area (Å²) >= 11 is 0. The molecule has 2 N–H and O–H groups in total. The van der Waals surface area contributed by atoms with Gasteiger partial charge in [-0.05, 0) is 80.5 Å². The number of sulfonamides is 1. The van der Waals surface area contributed by atoms with Gasteiger partial charge in [-0.1, -0.05) is 12.1 Å². The van der Waals surface area contributed by atoms with Crippen LogP contribution in [0.25, 0.3) is 0 Å². The van der Waals surface area contributed by atoms with E-state index >= 15 is 0 Å². The van der Waals surface area contributed by atoms with Gasteiger partial charge in [0.15, 0.2) is 0 Å². The van der Waals surface area contributed by atoms with Crippen molar-refractivity contribution in [2.45, 2.75) is 49.5 Å². The lowest BCUT2D eigenvalue weighted by molar-refractivity contribution is -0.135. The first-order valence-electron chi connectivity index (χ1n) is 11.8. The Morgan fingerprint density at radius 2 is 1.79 bits per heavy atom. The van der Waals surface area contributed by atoms with Gasteiger partial charge in [-0.2, -0.15) is 4.31 Å². The maximum atomic E-state index is 13.5. The lowest BCUT2D eigenvalue weighted by Gasteiger charge is -2.37. The highest BCUT2D eigenvalue weighted by molar-refractivity contribution is 7.89. The van der Waals surface area contributed by atoms with Crippen molar-refractivity contribution in [1.29, 1.82) is 0 Å². The number of amides is 2. The third kappa shape index (κ3) is 5.59. The molecule has 2 aliphatic heterocycles. The number of aryl methyl sites for hydroxylation is 1. The number of fused-ring (bicyclic) bond motifs is 3. The molecule has 0 radical (unpaired) electrons. The average molecular weight is 486 g/mol. The largest absolute Gasteiger partial charge is 0.494 e. The Kier molecular flexibility index (Phi) is 7.53. The Morgan fingerprint density at radius 1 is 1.00 bits per heavy atom. The summed E-state index contributed by atoms with van der Waals surface area (Å²) in [6.45, 7) is 0.899. The number of nitrogens with two attached hydrogens (primary N) is 1. The zero-order chi connectivity index (χ0) is 24.1. The number of carbonyl (C=O) groups excluding carboxylic acids is 2. The van der Waals surface area contributed by atoms with Gasteiger partial charge < -0.3 is 15.4 Å². The Balaban J connectivity index is 1.61. The summed E-state index contributed by atoms with van der Waals surface area (Å²) in [5.74, 6) is -0.0360. The molecule has 1 unspecified atom stereocenters. The Morgan fingerprint density at radius 3 is 2.56 bits per heavy atom. The summed E-state index contributed by atoms with van der Waals surface area (Å²) in [5.41, 5.74) is 6.68. The van der Waals surface area contributed by atoms with Crippen molar-refractivity contribution in [3.05, 3.63) is 59.7 Å². The molecule has 9 heteroatoms. The zero-order valence-electron chi connectivity index (χ0n) is 19.2. The van der Waals surface area contributed by atoms with Crippen molar-refractivity contribution in [1.82, 2.24) is 9.21 Å². The summed E-state index contributed by atoms with van der Waals surface area (Å²) in [4.78, 5) is 26.6. The quantitative estimate of drug-likeness (QED) is 0.719. The van der Waals surface area contributed by atoms with Crippen LogP contribution in [0.4, 0.5) is 0 Å². The van der Waals surface area contributed by atoms with Crippen molar-refractivity contribution in [3.8, 4) is 5.75 Å². The zero-order valence-corrected chi connectivity index (χ0v) is 20.0. The molecule has 2 aromatic carbocycles. The van der Waals surface area contributed by atoms with E-state index in [4.69, 9.17) is 10.5 Å². The van der Waals surface area contributed by atoms with Gasteiger partial charge in [0.2, 0.25) is 21.8 Å². The molecule has 1 saturated heterocycles. The fraction of sp³-hybridized carbons (Fsp3) is 0.440. The van der Waals surface area contributed by atoms with E-state index in [-0.39, 0.29) is 35.5 Å². The number of benzene rings is 2. The smallest absolute Gasteiger partial charge is 0.248 e.